The van der Waals surface area contributed by atoms with Crippen molar-refractivity contribution < 1.29 is 19.1 Å². The summed E-state index contributed by atoms with van der Waals surface area (Å²) in [6.45, 7) is 3.04. The van der Waals surface area contributed by atoms with Gasteiger partial charge in [-0.2, -0.15) is 10.2 Å². The van der Waals surface area contributed by atoms with E-state index < -0.39 is 17.7 Å². The number of nitrogens with zero attached hydrogens (tertiary/aromatic N) is 3. The van der Waals surface area contributed by atoms with Crippen molar-refractivity contribution >= 4 is 46.4 Å². The van der Waals surface area contributed by atoms with Gasteiger partial charge in [0.1, 0.15) is 17.2 Å². The number of methoxy groups -OCH3 is 2. The minimum atomic E-state index is -1.44. The molecule has 0 N–H and O–H groups in total. The SMILES string of the molecule is COc1cccc(OC)c1N(Cl)C(=O)C(N=Nc1cc(Cl)ccc1C)C(C)=O. The van der Waals surface area contributed by atoms with Gasteiger partial charge in [-0.1, -0.05) is 23.7 Å². The summed E-state index contributed by atoms with van der Waals surface area (Å²) in [7, 11) is 2.86. The molecule has 1 unspecified atom stereocenters. The zero-order valence-corrected chi connectivity index (χ0v) is 17.3. The first kappa shape index (κ1) is 21.7. The highest BCUT2D eigenvalue weighted by atomic mass is 35.5. The van der Waals surface area contributed by atoms with Crippen LogP contribution in [0.5, 0.6) is 11.5 Å². The number of para-hydroxylation sites is 1. The zero-order valence-electron chi connectivity index (χ0n) is 15.8. The van der Waals surface area contributed by atoms with Crippen molar-refractivity contribution in [3.05, 3.63) is 47.0 Å². The number of aryl methyl sites for hydroxylation is 1. The van der Waals surface area contributed by atoms with Crippen molar-refractivity contribution in [1.29, 1.82) is 0 Å². The molecule has 2 aromatic carbocycles. The Balaban J connectivity index is 2.39. The van der Waals surface area contributed by atoms with Crippen molar-refractivity contribution in [3.8, 4) is 11.5 Å². The van der Waals surface area contributed by atoms with Crippen LogP contribution in [-0.4, -0.2) is 32.0 Å². The fraction of sp³-hybridized carbons (Fsp3) is 0.263. The standard InChI is InChI=1S/C19H19Cl2N3O4/c1-11-8-9-13(20)10-14(11)22-23-17(12(2)25)19(26)24(21)18-15(27-3)6-5-7-16(18)28-4/h5-10,17H,1-4H3. The quantitative estimate of drug-likeness (QED) is 0.360. The molecule has 1 atom stereocenters. The predicted octanol–water partition coefficient (Wildman–Crippen LogP) is 4.89. The first-order valence-corrected chi connectivity index (χ1v) is 8.90. The normalized spacial score (nSPS) is 11.9. The fourth-order valence-corrected chi connectivity index (χ4v) is 2.78. The number of hydrogen-bond donors (Lipinski definition) is 0. The molecule has 0 aliphatic heterocycles. The molecular formula is C19H19Cl2N3O4. The molecule has 0 aromatic heterocycles. The summed E-state index contributed by atoms with van der Waals surface area (Å²) in [5.41, 5.74) is 1.40. The number of hydrogen-bond acceptors (Lipinski definition) is 6. The van der Waals surface area contributed by atoms with E-state index in [0.29, 0.717) is 22.2 Å². The maximum atomic E-state index is 12.9. The maximum absolute atomic E-state index is 12.9. The van der Waals surface area contributed by atoms with Gasteiger partial charge in [-0.25, -0.2) is 4.42 Å². The Bertz CT molecular complexity index is 896. The van der Waals surface area contributed by atoms with E-state index in [1.54, 1.807) is 36.4 Å². The minimum Gasteiger partial charge on any atom is -0.494 e. The highest BCUT2D eigenvalue weighted by molar-refractivity contribution is 6.40. The van der Waals surface area contributed by atoms with Crippen LogP contribution in [-0.2, 0) is 9.59 Å². The van der Waals surface area contributed by atoms with Crippen LogP contribution >= 0.6 is 23.4 Å². The molecule has 0 radical (unpaired) electrons. The molecule has 7 nitrogen and oxygen atoms in total. The third kappa shape index (κ3) is 4.79. The number of azo groups is 1. The smallest absolute Gasteiger partial charge is 0.276 e. The number of Topliss-reactive ketones (excluding diaryl/α,β-unsaturated/α-hetero) is 1. The number of carbonyl (C=O) groups is 2. The average molecular weight is 424 g/mol. The van der Waals surface area contributed by atoms with Gasteiger partial charge >= 0.3 is 0 Å². The summed E-state index contributed by atoms with van der Waals surface area (Å²) in [4.78, 5) is 24.9. The second-order valence-corrected chi connectivity index (χ2v) is 6.56. The number of ether oxygens (including phenoxy) is 2. The number of anilines is 1. The van der Waals surface area contributed by atoms with Crippen LogP contribution in [0.2, 0.25) is 5.02 Å². The molecule has 0 fully saturated rings. The summed E-state index contributed by atoms with van der Waals surface area (Å²) in [6.07, 6.45) is 0. The van der Waals surface area contributed by atoms with Gasteiger partial charge in [-0.05, 0) is 43.7 Å². The van der Waals surface area contributed by atoms with Crippen LogP contribution in [0.3, 0.4) is 0 Å². The van der Waals surface area contributed by atoms with Crippen LogP contribution in [0, 0.1) is 6.92 Å². The Morgan fingerprint density at radius 2 is 1.71 bits per heavy atom. The Labute approximate surface area is 173 Å². The van der Waals surface area contributed by atoms with E-state index in [1.165, 1.54) is 21.1 Å². The molecule has 28 heavy (non-hydrogen) atoms. The Morgan fingerprint density at radius 1 is 1.11 bits per heavy atom. The van der Waals surface area contributed by atoms with Gasteiger partial charge in [0.2, 0.25) is 6.04 Å². The van der Waals surface area contributed by atoms with Crippen LogP contribution in [0.1, 0.15) is 12.5 Å². The molecule has 0 aliphatic rings. The second kappa shape index (κ2) is 9.52. The molecule has 0 bridgehead atoms. The van der Waals surface area contributed by atoms with Crippen molar-refractivity contribution in [1.82, 2.24) is 0 Å². The summed E-state index contributed by atoms with van der Waals surface area (Å²) < 4.78 is 11.2. The molecule has 2 aromatic rings. The highest BCUT2D eigenvalue weighted by Gasteiger charge is 2.32. The number of carbonyl (C=O) groups excluding carboxylic acids is 2. The van der Waals surface area contributed by atoms with E-state index in [9.17, 15) is 9.59 Å². The van der Waals surface area contributed by atoms with E-state index in [-0.39, 0.29) is 5.69 Å². The lowest BCUT2D eigenvalue weighted by Crippen LogP contribution is -2.36. The number of ketones is 1. The first-order chi connectivity index (χ1) is 13.3. The van der Waals surface area contributed by atoms with Crippen LogP contribution in [0.15, 0.2) is 46.6 Å². The minimum absolute atomic E-state index is 0.166. The van der Waals surface area contributed by atoms with Crippen molar-refractivity contribution in [2.24, 2.45) is 10.2 Å². The van der Waals surface area contributed by atoms with Gasteiger partial charge in [0, 0.05) is 16.8 Å². The maximum Gasteiger partial charge on any atom is 0.276 e. The van der Waals surface area contributed by atoms with Crippen molar-refractivity contribution in [2.75, 3.05) is 18.6 Å². The molecule has 148 valence electrons. The van der Waals surface area contributed by atoms with Crippen LogP contribution < -0.4 is 13.9 Å². The number of halogens is 2. The third-order valence-corrected chi connectivity index (χ3v) is 4.43. The van der Waals surface area contributed by atoms with E-state index >= 15 is 0 Å². The Morgan fingerprint density at radius 3 is 2.25 bits per heavy atom. The van der Waals surface area contributed by atoms with Gasteiger partial charge in [-0.3, -0.25) is 9.59 Å². The zero-order chi connectivity index (χ0) is 20.8. The van der Waals surface area contributed by atoms with Crippen molar-refractivity contribution in [3.63, 3.8) is 0 Å². The van der Waals surface area contributed by atoms with Gasteiger partial charge < -0.3 is 9.47 Å². The fourth-order valence-electron chi connectivity index (χ4n) is 2.36. The second-order valence-electron chi connectivity index (χ2n) is 5.79. The monoisotopic (exact) mass is 423 g/mol. The van der Waals surface area contributed by atoms with Gasteiger partial charge in [-0.15, -0.1) is 0 Å². The average Bonchev–Trinajstić information content (AvgIpc) is 2.68. The van der Waals surface area contributed by atoms with Crippen LogP contribution in [0.4, 0.5) is 11.4 Å². The predicted molar refractivity (Wildman–Crippen MR) is 108 cm³/mol. The largest absolute Gasteiger partial charge is 0.494 e. The molecule has 0 saturated heterocycles. The topological polar surface area (TPSA) is 80.6 Å². The number of rotatable bonds is 7. The lowest BCUT2D eigenvalue weighted by Gasteiger charge is -2.21. The van der Waals surface area contributed by atoms with Gasteiger partial charge in [0.05, 0.1) is 19.9 Å². The summed E-state index contributed by atoms with van der Waals surface area (Å²) in [6, 6.07) is 8.52. The van der Waals surface area contributed by atoms with Gasteiger partial charge in [0.15, 0.2) is 5.78 Å². The van der Waals surface area contributed by atoms with Gasteiger partial charge in [0.25, 0.3) is 5.91 Å². The molecular weight excluding hydrogens is 405 g/mol. The number of benzene rings is 2. The number of amides is 1. The lowest BCUT2D eigenvalue weighted by molar-refractivity contribution is -0.126. The third-order valence-electron chi connectivity index (χ3n) is 3.86. The Hall–Kier alpha value is -2.64. The van der Waals surface area contributed by atoms with Crippen molar-refractivity contribution in [2.45, 2.75) is 19.9 Å². The van der Waals surface area contributed by atoms with Crippen LogP contribution in [0.25, 0.3) is 0 Å². The molecule has 0 heterocycles. The Kier molecular flexibility index (Phi) is 7.37. The van der Waals surface area contributed by atoms with E-state index in [2.05, 4.69) is 10.2 Å². The molecule has 0 aliphatic carbocycles. The summed E-state index contributed by atoms with van der Waals surface area (Å²) in [5.74, 6) is -0.714. The first-order valence-electron chi connectivity index (χ1n) is 8.18. The van der Waals surface area contributed by atoms with E-state index in [0.717, 1.165) is 9.98 Å². The molecule has 0 spiro atoms. The molecule has 9 heteroatoms. The molecule has 0 saturated carbocycles. The molecule has 2 rings (SSSR count). The summed E-state index contributed by atoms with van der Waals surface area (Å²) in [5, 5.41) is 8.40. The molecule has 1 amide bonds. The van der Waals surface area contributed by atoms with E-state index in [4.69, 9.17) is 32.9 Å². The highest BCUT2D eigenvalue weighted by Crippen LogP contribution is 2.39. The summed E-state index contributed by atoms with van der Waals surface area (Å²) >= 11 is 12.2. The lowest BCUT2D eigenvalue weighted by atomic mass is 10.2. The van der Waals surface area contributed by atoms with E-state index in [1.807, 2.05) is 6.92 Å².